The number of aromatic nitrogens is 5. The number of halogens is 3. The molecule has 0 fully saturated rings. The highest BCUT2D eigenvalue weighted by atomic mass is 19.4. The summed E-state index contributed by atoms with van der Waals surface area (Å²) in [7, 11) is 0. The molecule has 0 aliphatic heterocycles. The second kappa shape index (κ2) is 8.07. The third kappa shape index (κ3) is 4.08. The standard InChI is InChI=1S/C20H17F3N6O/c21-20(22,23)14-4-1-3-12(9-14)17-15(10-13-11-26-29-18(13)28-17)16-5-7-25-19(27-16)24-6-2-8-30/h1,3-5,7,9-11,30H,2,6,8H2,(H,24,25,27)(H,26,28,29). The molecule has 10 heteroatoms. The summed E-state index contributed by atoms with van der Waals surface area (Å²) in [5.41, 5.74) is 1.41. The van der Waals surface area contributed by atoms with Crippen LogP contribution < -0.4 is 5.32 Å². The van der Waals surface area contributed by atoms with Gasteiger partial charge in [0.2, 0.25) is 5.95 Å². The maximum absolute atomic E-state index is 13.2. The van der Waals surface area contributed by atoms with Gasteiger partial charge in [-0.15, -0.1) is 0 Å². The molecule has 4 aromatic rings. The molecule has 0 bridgehead atoms. The van der Waals surface area contributed by atoms with Crippen LogP contribution >= 0.6 is 0 Å². The number of pyridine rings is 1. The quantitative estimate of drug-likeness (QED) is 0.414. The zero-order valence-corrected chi connectivity index (χ0v) is 15.6. The first-order valence-electron chi connectivity index (χ1n) is 9.15. The summed E-state index contributed by atoms with van der Waals surface area (Å²) in [6, 6.07) is 8.45. The van der Waals surface area contributed by atoms with Gasteiger partial charge in [0, 0.05) is 35.9 Å². The van der Waals surface area contributed by atoms with Crippen LogP contribution in [0.1, 0.15) is 12.0 Å². The number of alkyl halides is 3. The number of rotatable bonds is 6. The lowest BCUT2D eigenvalue weighted by molar-refractivity contribution is -0.137. The highest BCUT2D eigenvalue weighted by Gasteiger charge is 2.30. The number of nitrogens with one attached hydrogen (secondary N) is 2. The van der Waals surface area contributed by atoms with E-state index in [0.29, 0.717) is 52.5 Å². The van der Waals surface area contributed by atoms with Crippen LogP contribution in [0.5, 0.6) is 0 Å². The fraction of sp³-hybridized carbons (Fsp3) is 0.200. The van der Waals surface area contributed by atoms with E-state index in [9.17, 15) is 13.2 Å². The van der Waals surface area contributed by atoms with Crippen molar-refractivity contribution in [3.63, 3.8) is 0 Å². The van der Waals surface area contributed by atoms with Gasteiger partial charge in [0.25, 0.3) is 0 Å². The van der Waals surface area contributed by atoms with Gasteiger partial charge in [-0.3, -0.25) is 5.10 Å². The molecule has 0 aliphatic carbocycles. The Kier molecular flexibility index (Phi) is 5.32. The van der Waals surface area contributed by atoms with E-state index in [4.69, 9.17) is 5.11 Å². The van der Waals surface area contributed by atoms with Crippen molar-refractivity contribution in [2.75, 3.05) is 18.5 Å². The predicted octanol–water partition coefficient (Wildman–Crippen LogP) is 3.90. The largest absolute Gasteiger partial charge is 0.416 e. The van der Waals surface area contributed by atoms with E-state index in [1.807, 2.05) is 0 Å². The molecular formula is C20H17F3N6O. The van der Waals surface area contributed by atoms with Crippen molar-refractivity contribution < 1.29 is 18.3 Å². The summed E-state index contributed by atoms with van der Waals surface area (Å²) >= 11 is 0. The van der Waals surface area contributed by atoms with Gasteiger partial charge in [0.1, 0.15) is 0 Å². The number of hydrogen-bond donors (Lipinski definition) is 3. The predicted molar refractivity (Wildman–Crippen MR) is 106 cm³/mol. The van der Waals surface area contributed by atoms with Crippen molar-refractivity contribution in [1.82, 2.24) is 25.1 Å². The molecule has 4 rings (SSSR count). The lowest BCUT2D eigenvalue weighted by Gasteiger charge is -2.12. The normalized spacial score (nSPS) is 11.7. The highest BCUT2D eigenvalue weighted by Crippen LogP contribution is 2.36. The Hall–Kier alpha value is -3.53. The third-order valence-electron chi connectivity index (χ3n) is 4.44. The maximum Gasteiger partial charge on any atom is 0.416 e. The first-order chi connectivity index (χ1) is 14.5. The van der Waals surface area contributed by atoms with Crippen molar-refractivity contribution in [2.45, 2.75) is 12.6 Å². The SMILES string of the molecule is OCCCNc1nccc(-c2cc3cn[nH]c3nc2-c2cccc(C(F)(F)F)c2)n1. The first-order valence-corrected chi connectivity index (χ1v) is 9.15. The molecule has 7 nitrogen and oxygen atoms in total. The van der Waals surface area contributed by atoms with Crippen molar-refractivity contribution in [3.05, 3.63) is 54.4 Å². The van der Waals surface area contributed by atoms with Crippen molar-refractivity contribution in [2.24, 2.45) is 0 Å². The Balaban J connectivity index is 1.84. The van der Waals surface area contributed by atoms with Crippen LogP contribution in [0.25, 0.3) is 33.5 Å². The monoisotopic (exact) mass is 414 g/mol. The van der Waals surface area contributed by atoms with Crippen LogP contribution in [0, 0.1) is 0 Å². The molecule has 3 N–H and O–H groups in total. The van der Waals surface area contributed by atoms with E-state index in [0.717, 1.165) is 12.1 Å². The van der Waals surface area contributed by atoms with Gasteiger partial charge in [0.05, 0.1) is 23.1 Å². The molecule has 30 heavy (non-hydrogen) atoms. The van der Waals surface area contributed by atoms with E-state index >= 15 is 0 Å². The number of benzene rings is 1. The number of hydrogen-bond acceptors (Lipinski definition) is 6. The van der Waals surface area contributed by atoms with E-state index in [1.165, 1.54) is 6.07 Å². The van der Waals surface area contributed by atoms with Crippen LogP contribution in [0.15, 0.2) is 48.8 Å². The van der Waals surface area contributed by atoms with Crippen LogP contribution in [0.3, 0.4) is 0 Å². The van der Waals surface area contributed by atoms with E-state index < -0.39 is 11.7 Å². The molecule has 0 saturated carbocycles. The molecule has 0 saturated heterocycles. The minimum absolute atomic E-state index is 0.0352. The van der Waals surface area contributed by atoms with Crippen LogP contribution in [0.2, 0.25) is 0 Å². The lowest BCUT2D eigenvalue weighted by Crippen LogP contribution is -2.07. The number of anilines is 1. The Morgan fingerprint density at radius 1 is 1.10 bits per heavy atom. The Bertz CT molecular complexity index is 1170. The van der Waals surface area contributed by atoms with Gasteiger partial charge in [-0.05, 0) is 30.7 Å². The molecular weight excluding hydrogens is 397 g/mol. The third-order valence-corrected chi connectivity index (χ3v) is 4.44. The molecule has 3 aromatic heterocycles. The minimum Gasteiger partial charge on any atom is -0.396 e. The fourth-order valence-corrected chi connectivity index (χ4v) is 3.01. The number of aromatic amines is 1. The van der Waals surface area contributed by atoms with Crippen LogP contribution in [-0.2, 0) is 6.18 Å². The van der Waals surface area contributed by atoms with Crippen molar-refractivity contribution in [3.8, 4) is 22.5 Å². The molecule has 0 spiro atoms. The molecule has 154 valence electrons. The van der Waals surface area contributed by atoms with Gasteiger partial charge in [-0.1, -0.05) is 12.1 Å². The molecule has 1 aromatic carbocycles. The Morgan fingerprint density at radius 3 is 2.77 bits per heavy atom. The molecule has 0 atom stereocenters. The number of aliphatic hydroxyl groups excluding tert-OH is 1. The van der Waals surface area contributed by atoms with Gasteiger partial charge in [-0.25, -0.2) is 15.0 Å². The second-order valence-corrected chi connectivity index (χ2v) is 6.54. The molecule has 0 aliphatic rings. The maximum atomic E-state index is 13.2. The minimum atomic E-state index is -4.47. The highest BCUT2D eigenvalue weighted by molar-refractivity contribution is 5.89. The molecule has 0 unspecified atom stereocenters. The zero-order valence-electron chi connectivity index (χ0n) is 15.6. The van der Waals surface area contributed by atoms with E-state index in [2.05, 4.69) is 30.5 Å². The average Bonchev–Trinajstić information content (AvgIpc) is 3.20. The summed E-state index contributed by atoms with van der Waals surface area (Å²) in [6.07, 6.45) is -0.791. The summed E-state index contributed by atoms with van der Waals surface area (Å²) in [4.78, 5) is 13.1. The van der Waals surface area contributed by atoms with Gasteiger partial charge in [0.15, 0.2) is 5.65 Å². The van der Waals surface area contributed by atoms with Gasteiger partial charge in [-0.2, -0.15) is 18.3 Å². The topological polar surface area (TPSA) is 99.6 Å². The second-order valence-electron chi connectivity index (χ2n) is 6.54. The molecule has 0 amide bonds. The summed E-state index contributed by atoms with van der Waals surface area (Å²) < 4.78 is 39.7. The van der Waals surface area contributed by atoms with Crippen molar-refractivity contribution in [1.29, 1.82) is 0 Å². The van der Waals surface area contributed by atoms with Crippen LogP contribution in [0.4, 0.5) is 19.1 Å². The zero-order chi connectivity index (χ0) is 21.1. The smallest absolute Gasteiger partial charge is 0.396 e. The number of nitrogens with zero attached hydrogens (tertiary/aromatic N) is 4. The first kappa shape index (κ1) is 19.8. The summed E-state index contributed by atoms with van der Waals surface area (Å²) in [6.45, 7) is 0.521. The van der Waals surface area contributed by atoms with E-state index in [1.54, 1.807) is 30.6 Å². The van der Waals surface area contributed by atoms with Gasteiger partial charge < -0.3 is 10.4 Å². The molecule has 3 heterocycles. The number of H-pyrrole nitrogens is 1. The Labute approximate surface area is 169 Å². The fourth-order valence-electron chi connectivity index (χ4n) is 3.01. The van der Waals surface area contributed by atoms with E-state index in [-0.39, 0.29) is 6.61 Å². The number of fused-ring (bicyclic) bond motifs is 1. The van der Waals surface area contributed by atoms with Crippen LogP contribution in [-0.4, -0.2) is 43.4 Å². The summed E-state index contributed by atoms with van der Waals surface area (Å²) in [5, 5.41) is 19.3. The van der Waals surface area contributed by atoms with Crippen molar-refractivity contribution >= 4 is 17.0 Å². The number of aliphatic hydroxyl groups is 1. The van der Waals surface area contributed by atoms with Gasteiger partial charge >= 0.3 is 6.18 Å². The lowest BCUT2D eigenvalue weighted by atomic mass is 10.0. The Morgan fingerprint density at radius 2 is 1.97 bits per heavy atom. The average molecular weight is 414 g/mol. The molecule has 0 radical (unpaired) electrons. The summed E-state index contributed by atoms with van der Waals surface area (Å²) in [5.74, 6) is 0.350.